The summed E-state index contributed by atoms with van der Waals surface area (Å²) in [5.74, 6) is -0.353. The van der Waals surface area contributed by atoms with E-state index in [1.165, 1.54) is 0 Å². The van der Waals surface area contributed by atoms with Crippen molar-refractivity contribution in [3.63, 3.8) is 0 Å². The largest absolute Gasteiger partial charge is 0.481 e. The van der Waals surface area contributed by atoms with Gasteiger partial charge in [0, 0.05) is 11.8 Å². The Morgan fingerprint density at radius 2 is 2.22 bits per heavy atom. The maximum atomic E-state index is 10.1. The molecule has 1 fully saturated rings. The van der Waals surface area contributed by atoms with Crippen LogP contribution in [-0.2, 0) is 4.79 Å². The average molecular weight is 149 g/mol. The van der Waals surface area contributed by atoms with E-state index in [0.717, 1.165) is 12.8 Å². The number of carboxylic acids is 1. The summed E-state index contributed by atoms with van der Waals surface area (Å²) >= 11 is 5.63. The van der Waals surface area contributed by atoms with Gasteiger partial charge < -0.3 is 5.11 Å². The van der Waals surface area contributed by atoms with Gasteiger partial charge in [0.05, 0.1) is 0 Å². The van der Waals surface area contributed by atoms with Crippen molar-refractivity contribution < 1.29 is 9.90 Å². The zero-order valence-electron chi connectivity index (χ0n) is 5.01. The van der Waals surface area contributed by atoms with Crippen molar-refractivity contribution in [3.05, 3.63) is 0 Å². The third-order valence-corrected chi connectivity index (χ3v) is 2.00. The highest BCUT2D eigenvalue weighted by Crippen LogP contribution is 2.33. The molecule has 0 heterocycles. The lowest BCUT2D eigenvalue weighted by atomic mass is 9.82. The van der Waals surface area contributed by atoms with E-state index in [4.69, 9.17) is 16.7 Å². The Balaban J connectivity index is 2.11. The molecule has 0 unspecified atom stereocenters. The molecule has 1 aliphatic rings. The molecule has 0 saturated heterocycles. The van der Waals surface area contributed by atoms with Gasteiger partial charge in [-0.1, -0.05) is 0 Å². The highest BCUT2D eigenvalue weighted by atomic mass is 35.5. The molecule has 0 aromatic rings. The van der Waals surface area contributed by atoms with Crippen LogP contribution in [0.25, 0.3) is 0 Å². The summed E-state index contributed by atoms with van der Waals surface area (Å²) in [4.78, 5) is 10.1. The van der Waals surface area contributed by atoms with Crippen LogP contribution in [0.2, 0.25) is 0 Å². The molecule has 1 saturated carbocycles. The SMILES string of the molecule is O=C(O)CC1CC(Cl)C1. The van der Waals surface area contributed by atoms with Gasteiger partial charge in [-0.3, -0.25) is 4.79 Å². The first-order chi connectivity index (χ1) is 4.18. The lowest BCUT2D eigenvalue weighted by Gasteiger charge is -2.29. The molecular weight excluding hydrogens is 140 g/mol. The molecule has 0 amide bonds. The van der Waals surface area contributed by atoms with Gasteiger partial charge in [0.2, 0.25) is 0 Å². The second-order valence-electron chi connectivity index (χ2n) is 2.53. The van der Waals surface area contributed by atoms with Crippen LogP contribution >= 0.6 is 11.6 Å². The van der Waals surface area contributed by atoms with E-state index in [0.29, 0.717) is 12.3 Å². The second-order valence-corrected chi connectivity index (χ2v) is 3.15. The van der Waals surface area contributed by atoms with Gasteiger partial charge in [0.1, 0.15) is 0 Å². The van der Waals surface area contributed by atoms with Crippen LogP contribution in [0.15, 0.2) is 0 Å². The Hall–Kier alpha value is -0.240. The van der Waals surface area contributed by atoms with E-state index in [1.54, 1.807) is 0 Å². The van der Waals surface area contributed by atoms with Crippen LogP contribution in [0.5, 0.6) is 0 Å². The lowest BCUT2D eigenvalue weighted by molar-refractivity contribution is -0.138. The van der Waals surface area contributed by atoms with Crippen molar-refractivity contribution in [2.75, 3.05) is 0 Å². The molecule has 0 bridgehead atoms. The highest BCUT2D eigenvalue weighted by molar-refractivity contribution is 6.21. The predicted molar refractivity (Wildman–Crippen MR) is 34.6 cm³/mol. The van der Waals surface area contributed by atoms with Crippen molar-refractivity contribution in [1.29, 1.82) is 0 Å². The molecule has 0 atom stereocenters. The Kier molecular flexibility index (Phi) is 1.96. The zero-order chi connectivity index (χ0) is 6.85. The summed E-state index contributed by atoms with van der Waals surface area (Å²) in [6.07, 6.45) is 2.06. The van der Waals surface area contributed by atoms with Crippen molar-refractivity contribution in [3.8, 4) is 0 Å². The zero-order valence-corrected chi connectivity index (χ0v) is 5.77. The van der Waals surface area contributed by atoms with Crippen LogP contribution in [0.3, 0.4) is 0 Å². The maximum absolute atomic E-state index is 10.1. The fourth-order valence-electron chi connectivity index (χ4n) is 1.07. The van der Waals surface area contributed by atoms with Crippen molar-refractivity contribution in [2.24, 2.45) is 5.92 Å². The topological polar surface area (TPSA) is 37.3 Å². The number of aliphatic carboxylic acids is 1. The quantitative estimate of drug-likeness (QED) is 0.603. The number of carbonyl (C=O) groups is 1. The van der Waals surface area contributed by atoms with E-state index < -0.39 is 5.97 Å². The van der Waals surface area contributed by atoms with Crippen molar-refractivity contribution in [2.45, 2.75) is 24.6 Å². The first-order valence-corrected chi connectivity index (χ1v) is 3.48. The summed E-state index contributed by atoms with van der Waals surface area (Å²) in [6, 6.07) is 0. The minimum absolute atomic E-state index is 0.245. The highest BCUT2D eigenvalue weighted by Gasteiger charge is 2.28. The Morgan fingerprint density at radius 1 is 1.67 bits per heavy atom. The standard InChI is InChI=1S/C6H9ClO2/c7-5-1-4(2-5)3-6(8)9/h4-5H,1-3H2,(H,8,9). The van der Waals surface area contributed by atoms with Gasteiger partial charge in [-0.05, 0) is 18.8 Å². The molecule has 1 aliphatic carbocycles. The van der Waals surface area contributed by atoms with E-state index in [9.17, 15) is 4.79 Å². The molecule has 0 spiro atoms. The van der Waals surface area contributed by atoms with Crippen molar-refractivity contribution >= 4 is 17.6 Å². The summed E-state index contributed by atoms with van der Waals surface area (Å²) in [6.45, 7) is 0. The van der Waals surface area contributed by atoms with Crippen LogP contribution < -0.4 is 0 Å². The first-order valence-electron chi connectivity index (χ1n) is 3.04. The minimum Gasteiger partial charge on any atom is -0.481 e. The molecule has 0 aliphatic heterocycles. The third kappa shape index (κ3) is 1.86. The molecule has 0 aromatic heterocycles. The molecule has 9 heavy (non-hydrogen) atoms. The second kappa shape index (κ2) is 2.56. The molecular formula is C6H9ClO2. The maximum Gasteiger partial charge on any atom is 0.303 e. The number of alkyl halides is 1. The third-order valence-electron chi connectivity index (χ3n) is 1.64. The average Bonchev–Trinajstić information content (AvgIpc) is 1.60. The molecule has 1 N–H and O–H groups in total. The van der Waals surface area contributed by atoms with Gasteiger partial charge in [-0.15, -0.1) is 11.6 Å². The Bertz CT molecular complexity index is 118. The minimum atomic E-state index is -0.705. The molecule has 52 valence electrons. The smallest absolute Gasteiger partial charge is 0.303 e. The first kappa shape index (κ1) is 6.87. The molecule has 0 radical (unpaired) electrons. The van der Waals surface area contributed by atoms with E-state index in [-0.39, 0.29) is 5.38 Å². The van der Waals surface area contributed by atoms with Gasteiger partial charge in [0.25, 0.3) is 0 Å². The summed E-state index contributed by atoms with van der Waals surface area (Å²) in [7, 11) is 0. The number of hydrogen-bond donors (Lipinski definition) is 1. The lowest BCUT2D eigenvalue weighted by Crippen LogP contribution is -2.25. The van der Waals surface area contributed by atoms with E-state index in [1.807, 2.05) is 0 Å². The van der Waals surface area contributed by atoms with Crippen LogP contribution in [0.1, 0.15) is 19.3 Å². The van der Waals surface area contributed by atoms with Gasteiger partial charge in [-0.25, -0.2) is 0 Å². The number of hydrogen-bond acceptors (Lipinski definition) is 1. The normalized spacial score (nSPS) is 33.4. The number of carboxylic acid groups (broad SMARTS) is 1. The monoisotopic (exact) mass is 148 g/mol. The molecule has 3 heteroatoms. The summed E-state index contributed by atoms with van der Waals surface area (Å²) in [5, 5.41) is 8.54. The number of halogens is 1. The van der Waals surface area contributed by atoms with E-state index in [2.05, 4.69) is 0 Å². The molecule has 0 aromatic carbocycles. The van der Waals surface area contributed by atoms with Gasteiger partial charge >= 0.3 is 5.97 Å². The Labute approximate surface area is 58.8 Å². The predicted octanol–water partition coefficient (Wildman–Crippen LogP) is 1.48. The van der Waals surface area contributed by atoms with Crippen LogP contribution in [0, 0.1) is 5.92 Å². The number of rotatable bonds is 2. The molecule has 1 rings (SSSR count). The molecule has 2 nitrogen and oxygen atoms in total. The Morgan fingerprint density at radius 3 is 2.56 bits per heavy atom. The van der Waals surface area contributed by atoms with E-state index >= 15 is 0 Å². The van der Waals surface area contributed by atoms with Crippen LogP contribution in [-0.4, -0.2) is 16.5 Å². The van der Waals surface area contributed by atoms with Gasteiger partial charge in [-0.2, -0.15) is 0 Å². The fourth-order valence-corrected chi connectivity index (χ4v) is 1.57. The fraction of sp³-hybridized carbons (Fsp3) is 0.833. The van der Waals surface area contributed by atoms with Gasteiger partial charge in [0.15, 0.2) is 0 Å². The summed E-state index contributed by atoms with van der Waals surface area (Å²) in [5.41, 5.74) is 0. The summed E-state index contributed by atoms with van der Waals surface area (Å²) < 4.78 is 0. The van der Waals surface area contributed by atoms with Crippen molar-refractivity contribution in [1.82, 2.24) is 0 Å². The van der Waals surface area contributed by atoms with Crippen LogP contribution in [0.4, 0.5) is 0 Å².